The van der Waals surface area contributed by atoms with Gasteiger partial charge in [0, 0.05) is 31.5 Å². The van der Waals surface area contributed by atoms with Crippen LogP contribution >= 0.6 is 0 Å². The minimum Gasteiger partial charge on any atom is -0.261 e. The van der Waals surface area contributed by atoms with Crippen LogP contribution in [0, 0.1) is 6.92 Å². The summed E-state index contributed by atoms with van der Waals surface area (Å²) in [4.78, 5) is 4.74. The molecule has 0 spiro atoms. The second-order valence-corrected chi connectivity index (χ2v) is 8.02. The molecule has 0 unspecified atom stereocenters. The van der Waals surface area contributed by atoms with E-state index < -0.39 is 10.0 Å². The first kappa shape index (κ1) is 16.6. The molecule has 0 fully saturated rings. The van der Waals surface area contributed by atoms with E-state index in [0.717, 1.165) is 22.4 Å². The van der Waals surface area contributed by atoms with Gasteiger partial charge in [-0.2, -0.15) is 0 Å². The van der Waals surface area contributed by atoms with Crippen LogP contribution in [0.3, 0.4) is 0 Å². The lowest BCUT2D eigenvalue weighted by atomic mass is 9.98. The van der Waals surface area contributed by atoms with Crippen molar-refractivity contribution in [3.63, 3.8) is 0 Å². The fraction of sp³-hybridized carbons (Fsp3) is 0.353. The molecular formula is C17H22N2O2S. The summed E-state index contributed by atoms with van der Waals surface area (Å²) in [5, 5.41) is 0. The number of nitrogens with zero attached hydrogens (tertiary/aromatic N) is 2. The van der Waals surface area contributed by atoms with E-state index in [9.17, 15) is 8.42 Å². The van der Waals surface area contributed by atoms with Gasteiger partial charge in [0.25, 0.3) is 0 Å². The fourth-order valence-corrected chi connectivity index (χ4v) is 3.14. The van der Waals surface area contributed by atoms with Gasteiger partial charge in [0.2, 0.25) is 10.0 Å². The second kappa shape index (κ2) is 6.18. The highest BCUT2D eigenvalue weighted by atomic mass is 32.2. The Kier molecular flexibility index (Phi) is 4.68. The Morgan fingerprint density at radius 3 is 2.41 bits per heavy atom. The zero-order valence-corrected chi connectivity index (χ0v) is 14.5. The van der Waals surface area contributed by atoms with Gasteiger partial charge in [-0.15, -0.1) is 0 Å². The topological polar surface area (TPSA) is 50.3 Å². The standard InChI is InChI=1S/C17H22N2O2S/c1-12(2)15-10-17(13(3)18-11-15)14-7-6-8-16(9-14)22(20,21)19(4)5/h6-12H,1-5H3. The molecule has 0 atom stereocenters. The number of hydrogen-bond acceptors (Lipinski definition) is 3. The van der Waals surface area contributed by atoms with Crippen molar-refractivity contribution in [3.05, 3.63) is 47.8 Å². The van der Waals surface area contributed by atoms with Crippen molar-refractivity contribution >= 4 is 10.0 Å². The van der Waals surface area contributed by atoms with Crippen LogP contribution in [0.15, 0.2) is 41.4 Å². The molecule has 0 saturated carbocycles. The summed E-state index contributed by atoms with van der Waals surface area (Å²) >= 11 is 0. The van der Waals surface area contributed by atoms with Gasteiger partial charge in [0.15, 0.2) is 0 Å². The summed E-state index contributed by atoms with van der Waals surface area (Å²) in [6.07, 6.45) is 1.88. The lowest BCUT2D eigenvalue weighted by molar-refractivity contribution is 0.521. The third-order valence-electron chi connectivity index (χ3n) is 3.70. The lowest BCUT2D eigenvalue weighted by Crippen LogP contribution is -2.22. The van der Waals surface area contributed by atoms with E-state index in [-0.39, 0.29) is 0 Å². The summed E-state index contributed by atoms with van der Waals surface area (Å²) in [6, 6.07) is 9.11. The fourth-order valence-electron chi connectivity index (χ4n) is 2.19. The molecule has 2 aromatic rings. The van der Waals surface area contributed by atoms with E-state index in [4.69, 9.17) is 0 Å². The summed E-state index contributed by atoms with van der Waals surface area (Å²) < 4.78 is 25.8. The maximum Gasteiger partial charge on any atom is 0.242 e. The highest BCUT2D eigenvalue weighted by Gasteiger charge is 2.18. The molecule has 0 aliphatic rings. The van der Waals surface area contributed by atoms with Gasteiger partial charge in [-0.1, -0.05) is 26.0 Å². The average Bonchev–Trinajstić information content (AvgIpc) is 2.47. The normalized spacial score (nSPS) is 12.1. The second-order valence-electron chi connectivity index (χ2n) is 5.87. The molecule has 5 heteroatoms. The Morgan fingerprint density at radius 2 is 1.82 bits per heavy atom. The average molecular weight is 318 g/mol. The highest BCUT2D eigenvalue weighted by molar-refractivity contribution is 7.89. The number of rotatable bonds is 4. The van der Waals surface area contributed by atoms with E-state index in [2.05, 4.69) is 24.9 Å². The Balaban J connectivity index is 2.58. The highest BCUT2D eigenvalue weighted by Crippen LogP contribution is 2.28. The van der Waals surface area contributed by atoms with Crippen LogP contribution in [0.5, 0.6) is 0 Å². The predicted molar refractivity (Wildman–Crippen MR) is 89.4 cm³/mol. The zero-order valence-electron chi connectivity index (χ0n) is 13.7. The largest absolute Gasteiger partial charge is 0.261 e. The maximum absolute atomic E-state index is 12.3. The Morgan fingerprint density at radius 1 is 1.14 bits per heavy atom. The summed E-state index contributed by atoms with van der Waals surface area (Å²) in [6.45, 7) is 6.17. The molecule has 22 heavy (non-hydrogen) atoms. The third-order valence-corrected chi connectivity index (χ3v) is 5.51. The molecule has 0 saturated heterocycles. The molecule has 118 valence electrons. The van der Waals surface area contributed by atoms with Crippen LogP contribution in [0.2, 0.25) is 0 Å². The van der Waals surface area contributed by atoms with Crippen molar-refractivity contribution in [3.8, 4) is 11.1 Å². The number of hydrogen-bond donors (Lipinski definition) is 0. The predicted octanol–water partition coefficient (Wildman–Crippen LogP) is 3.43. The molecule has 1 heterocycles. The van der Waals surface area contributed by atoms with Crippen LogP contribution in [-0.2, 0) is 10.0 Å². The van der Waals surface area contributed by atoms with Gasteiger partial charge < -0.3 is 0 Å². The molecule has 0 N–H and O–H groups in total. The van der Waals surface area contributed by atoms with E-state index >= 15 is 0 Å². The zero-order chi connectivity index (χ0) is 16.5. The van der Waals surface area contributed by atoms with Gasteiger partial charge in [0.05, 0.1) is 4.90 Å². The van der Waals surface area contributed by atoms with E-state index in [1.807, 2.05) is 19.2 Å². The molecule has 1 aromatic carbocycles. The van der Waals surface area contributed by atoms with Crippen molar-refractivity contribution in [2.45, 2.75) is 31.6 Å². The molecule has 0 aliphatic carbocycles. The molecule has 1 aromatic heterocycles. The van der Waals surface area contributed by atoms with Crippen molar-refractivity contribution < 1.29 is 8.42 Å². The Hall–Kier alpha value is -1.72. The third kappa shape index (κ3) is 3.20. The molecular weight excluding hydrogens is 296 g/mol. The summed E-state index contributed by atoms with van der Waals surface area (Å²) in [7, 11) is -0.362. The number of benzene rings is 1. The molecule has 0 aliphatic heterocycles. The molecule has 4 nitrogen and oxygen atoms in total. The minimum atomic E-state index is -3.43. The quantitative estimate of drug-likeness (QED) is 0.868. The molecule has 2 rings (SSSR count). The SMILES string of the molecule is Cc1ncc(C(C)C)cc1-c1cccc(S(=O)(=O)N(C)C)c1. The van der Waals surface area contributed by atoms with Crippen LogP contribution < -0.4 is 0 Å². The van der Waals surface area contributed by atoms with Crippen LogP contribution in [0.25, 0.3) is 11.1 Å². The number of sulfonamides is 1. The first-order valence-corrected chi connectivity index (χ1v) is 8.67. The molecule has 0 amide bonds. The van der Waals surface area contributed by atoms with Gasteiger partial charge >= 0.3 is 0 Å². The molecule has 0 bridgehead atoms. The van der Waals surface area contributed by atoms with Crippen molar-refractivity contribution in [2.75, 3.05) is 14.1 Å². The van der Waals surface area contributed by atoms with E-state index in [0.29, 0.717) is 10.8 Å². The summed E-state index contributed by atoms with van der Waals surface area (Å²) in [5.41, 5.74) is 3.88. The smallest absolute Gasteiger partial charge is 0.242 e. The van der Waals surface area contributed by atoms with E-state index in [1.165, 1.54) is 18.4 Å². The van der Waals surface area contributed by atoms with Crippen LogP contribution in [0.4, 0.5) is 0 Å². The van der Waals surface area contributed by atoms with Crippen molar-refractivity contribution in [1.82, 2.24) is 9.29 Å². The van der Waals surface area contributed by atoms with Gasteiger partial charge in [-0.25, -0.2) is 12.7 Å². The first-order chi connectivity index (χ1) is 10.2. The Bertz CT molecular complexity index is 781. The molecule has 0 radical (unpaired) electrons. The van der Waals surface area contributed by atoms with Crippen molar-refractivity contribution in [2.24, 2.45) is 0 Å². The van der Waals surface area contributed by atoms with Gasteiger partial charge in [0.1, 0.15) is 0 Å². The van der Waals surface area contributed by atoms with E-state index in [1.54, 1.807) is 18.2 Å². The minimum absolute atomic E-state index is 0.296. The van der Waals surface area contributed by atoms with Gasteiger partial charge in [-0.05, 0) is 42.2 Å². The Labute approximate surface area is 132 Å². The maximum atomic E-state index is 12.3. The monoisotopic (exact) mass is 318 g/mol. The number of aromatic nitrogens is 1. The van der Waals surface area contributed by atoms with Gasteiger partial charge in [-0.3, -0.25) is 4.98 Å². The lowest BCUT2D eigenvalue weighted by Gasteiger charge is -2.14. The van der Waals surface area contributed by atoms with Crippen LogP contribution in [-0.4, -0.2) is 31.8 Å². The van der Waals surface area contributed by atoms with Crippen molar-refractivity contribution in [1.29, 1.82) is 0 Å². The number of pyridine rings is 1. The number of aryl methyl sites for hydroxylation is 1. The van der Waals surface area contributed by atoms with Crippen LogP contribution in [0.1, 0.15) is 31.0 Å². The summed E-state index contributed by atoms with van der Waals surface area (Å²) in [5.74, 6) is 0.376. The first-order valence-electron chi connectivity index (χ1n) is 7.23.